The van der Waals surface area contributed by atoms with E-state index >= 15 is 0 Å². The van der Waals surface area contributed by atoms with E-state index in [1.165, 1.54) is 31.7 Å². The number of hydrogen-bond donors (Lipinski definition) is 1. The van der Waals surface area contributed by atoms with E-state index in [1.54, 1.807) is 0 Å². The number of nitro groups is 1. The Morgan fingerprint density at radius 3 is 2.45 bits per heavy atom. The van der Waals surface area contributed by atoms with Crippen molar-refractivity contribution in [3.05, 3.63) is 32.5 Å². The van der Waals surface area contributed by atoms with Gasteiger partial charge in [0.1, 0.15) is 11.5 Å². The van der Waals surface area contributed by atoms with Crippen LogP contribution in [0.4, 0.5) is 15.8 Å². The highest BCUT2D eigenvalue weighted by molar-refractivity contribution is 9.10. The summed E-state index contributed by atoms with van der Waals surface area (Å²) in [4.78, 5) is 10.5. The summed E-state index contributed by atoms with van der Waals surface area (Å²) in [5.41, 5.74) is 0.200. The highest BCUT2D eigenvalue weighted by Crippen LogP contribution is 2.49. The maximum Gasteiger partial charge on any atom is 0.295 e. The summed E-state index contributed by atoms with van der Waals surface area (Å²) in [6, 6.07) is 2.43. The molecule has 0 bridgehead atoms. The average molecular weight is 343 g/mol. The Balaban J connectivity index is 1.75. The van der Waals surface area contributed by atoms with Crippen LogP contribution in [0.25, 0.3) is 0 Å². The third kappa shape index (κ3) is 2.95. The highest BCUT2D eigenvalue weighted by atomic mass is 79.9. The number of nitro benzene ring substituents is 1. The van der Waals surface area contributed by atoms with Gasteiger partial charge in [-0.3, -0.25) is 10.1 Å². The minimum absolute atomic E-state index is 0.198. The van der Waals surface area contributed by atoms with E-state index in [2.05, 4.69) is 21.2 Å². The largest absolute Gasteiger partial charge is 0.379 e. The Hall–Kier alpha value is -1.17. The van der Waals surface area contributed by atoms with E-state index in [0.717, 1.165) is 24.4 Å². The van der Waals surface area contributed by atoms with E-state index in [0.29, 0.717) is 11.6 Å². The molecule has 2 saturated carbocycles. The van der Waals surface area contributed by atoms with Gasteiger partial charge in [0, 0.05) is 6.54 Å². The number of nitrogens with one attached hydrogen (secondary N) is 1. The first-order chi connectivity index (χ1) is 9.56. The van der Waals surface area contributed by atoms with Crippen molar-refractivity contribution in [2.75, 3.05) is 11.9 Å². The van der Waals surface area contributed by atoms with Crippen LogP contribution in [0.1, 0.15) is 25.7 Å². The fraction of sp³-hybridized carbons (Fsp3) is 0.571. The van der Waals surface area contributed by atoms with Crippen molar-refractivity contribution in [2.45, 2.75) is 25.7 Å². The van der Waals surface area contributed by atoms with Crippen LogP contribution in [-0.2, 0) is 0 Å². The minimum Gasteiger partial charge on any atom is -0.379 e. The van der Waals surface area contributed by atoms with Crippen LogP contribution < -0.4 is 5.32 Å². The van der Waals surface area contributed by atoms with E-state index in [-0.39, 0.29) is 10.2 Å². The molecule has 1 aromatic rings. The minimum atomic E-state index is -0.608. The lowest BCUT2D eigenvalue weighted by atomic mass is 9.98. The molecule has 2 aliphatic rings. The van der Waals surface area contributed by atoms with E-state index < -0.39 is 10.7 Å². The van der Waals surface area contributed by atoms with Gasteiger partial charge in [-0.2, -0.15) is 0 Å². The van der Waals surface area contributed by atoms with Crippen LogP contribution in [0.5, 0.6) is 0 Å². The number of nitrogens with zero attached hydrogens (tertiary/aromatic N) is 1. The molecule has 0 unspecified atom stereocenters. The van der Waals surface area contributed by atoms with Crippen LogP contribution in [0, 0.1) is 33.7 Å². The second kappa shape index (κ2) is 5.31. The van der Waals surface area contributed by atoms with Gasteiger partial charge in [-0.1, -0.05) is 0 Å². The van der Waals surface area contributed by atoms with Crippen molar-refractivity contribution >= 4 is 27.3 Å². The first kappa shape index (κ1) is 13.8. The lowest BCUT2D eigenvalue weighted by Gasteiger charge is -2.17. The van der Waals surface area contributed by atoms with Crippen molar-refractivity contribution in [2.24, 2.45) is 17.8 Å². The smallest absolute Gasteiger partial charge is 0.295 e. The van der Waals surface area contributed by atoms with E-state index in [9.17, 15) is 14.5 Å². The lowest BCUT2D eigenvalue weighted by Crippen LogP contribution is -2.18. The monoisotopic (exact) mass is 342 g/mol. The molecule has 0 radical (unpaired) electrons. The van der Waals surface area contributed by atoms with Gasteiger partial charge < -0.3 is 5.32 Å². The van der Waals surface area contributed by atoms with Crippen molar-refractivity contribution in [1.29, 1.82) is 0 Å². The van der Waals surface area contributed by atoms with Gasteiger partial charge in [-0.05, 0) is 65.4 Å². The number of anilines is 1. The molecule has 0 saturated heterocycles. The molecule has 0 heterocycles. The normalized spacial score (nSPS) is 18.4. The number of hydrogen-bond acceptors (Lipinski definition) is 3. The zero-order valence-corrected chi connectivity index (χ0v) is 12.5. The summed E-state index contributed by atoms with van der Waals surface area (Å²) in [5.74, 6) is 1.55. The van der Waals surface area contributed by atoms with Gasteiger partial charge in [-0.25, -0.2) is 4.39 Å². The molecule has 0 aliphatic heterocycles. The summed E-state index contributed by atoms with van der Waals surface area (Å²) in [6.45, 7) is 0.744. The van der Waals surface area contributed by atoms with Crippen LogP contribution in [0.15, 0.2) is 16.6 Å². The van der Waals surface area contributed by atoms with Crippen LogP contribution in [0.2, 0.25) is 0 Å². The topological polar surface area (TPSA) is 55.2 Å². The average Bonchev–Trinajstić information content (AvgIpc) is 3.26. The second-order valence-corrected chi connectivity index (χ2v) is 6.61. The molecular formula is C14H16BrFN2O2. The van der Waals surface area contributed by atoms with Crippen molar-refractivity contribution in [3.8, 4) is 0 Å². The zero-order chi connectivity index (χ0) is 14.3. The summed E-state index contributed by atoms with van der Waals surface area (Å²) >= 11 is 3.08. The maximum absolute atomic E-state index is 13.4. The standard InChI is InChI=1S/C14H16BrFN2O2/c15-11-5-13(14(18(19)20)6-12(11)16)17-7-10(8-1-2-8)9-3-4-9/h5-6,8-10,17H,1-4,7H2. The SMILES string of the molecule is O=[N+]([O-])c1cc(F)c(Br)cc1NCC(C1CC1)C1CC1. The molecule has 2 aliphatic carbocycles. The third-order valence-corrected chi connectivity index (χ3v) is 4.83. The number of halogens is 2. The van der Waals surface area contributed by atoms with Gasteiger partial charge in [0.15, 0.2) is 0 Å². The van der Waals surface area contributed by atoms with Crippen LogP contribution >= 0.6 is 15.9 Å². The lowest BCUT2D eigenvalue weighted by molar-refractivity contribution is -0.384. The Morgan fingerprint density at radius 1 is 1.35 bits per heavy atom. The molecular weight excluding hydrogens is 327 g/mol. The Morgan fingerprint density at radius 2 is 1.95 bits per heavy atom. The van der Waals surface area contributed by atoms with E-state index in [1.807, 2.05) is 0 Å². The molecule has 3 rings (SSSR count). The van der Waals surface area contributed by atoms with Gasteiger partial charge in [0.2, 0.25) is 0 Å². The quantitative estimate of drug-likeness (QED) is 0.617. The fourth-order valence-electron chi connectivity index (χ4n) is 2.82. The first-order valence-corrected chi connectivity index (χ1v) is 7.73. The predicted octanol–water partition coefficient (Wildman–Crippen LogP) is 4.34. The molecule has 1 N–H and O–H groups in total. The third-order valence-electron chi connectivity index (χ3n) is 4.22. The number of rotatable bonds is 6. The number of benzene rings is 1. The van der Waals surface area contributed by atoms with Crippen molar-refractivity contribution in [3.63, 3.8) is 0 Å². The first-order valence-electron chi connectivity index (χ1n) is 6.93. The molecule has 0 amide bonds. The van der Waals surface area contributed by atoms with Gasteiger partial charge in [0.05, 0.1) is 15.5 Å². The molecule has 4 nitrogen and oxygen atoms in total. The Labute approximate surface area is 125 Å². The van der Waals surface area contributed by atoms with E-state index in [4.69, 9.17) is 0 Å². The molecule has 20 heavy (non-hydrogen) atoms. The Kier molecular flexibility index (Phi) is 3.67. The molecule has 0 spiro atoms. The molecule has 1 aromatic carbocycles. The maximum atomic E-state index is 13.4. The summed E-state index contributed by atoms with van der Waals surface area (Å²) < 4.78 is 13.7. The fourth-order valence-corrected chi connectivity index (χ4v) is 3.17. The van der Waals surface area contributed by atoms with Gasteiger partial charge in [-0.15, -0.1) is 0 Å². The van der Waals surface area contributed by atoms with Crippen molar-refractivity contribution in [1.82, 2.24) is 0 Å². The Bertz CT molecular complexity index is 532. The van der Waals surface area contributed by atoms with Crippen LogP contribution in [-0.4, -0.2) is 11.5 Å². The summed E-state index contributed by atoms with van der Waals surface area (Å²) in [6.07, 6.45) is 5.10. The molecule has 6 heteroatoms. The molecule has 108 valence electrons. The van der Waals surface area contributed by atoms with Crippen molar-refractivity contribution < 1.29 is 9.31 Å². The van der Waals surface area contributed by atoms with Gasteiger partial charge >= 0.3 is 0 Å². The predicted molar refractivity (Wildman–Crippen MR) is 78.2 cm³/mol. The molecule has 2 fully saturated rings. The van der Waals surface area contributed by atoms with Gasteiger partial charge in [0.25, 0.3) is 5.69 Å². The second-order valence-electron chi connectivity index (χ2n) is 5.76. The van der Waals surface area contributed by atoms with Crippen LogP contribution in [0.3, 0.4) is 0 Å². The molecule has 0 aromatic heterocycles. The summed E-state index contributed by atoms with van der Waals surface area (Å²) in [7, 11) is 0. The summed E-state index contributed by atoms with van der Waals surface area (Å²) in [5, 5.41) is 14.2. The highest BCUT2D eigenvalue weighted by Gasteiger charge is 2.41. The zero-order valence-electron chi connectivity index (χ0n) is 10.9. The molecule has 0 atom stereocenters.